The lowest BCUT2D eigenvalue weighted by molar-refractivity contribution is -0.122. The van der Waals surface area contributed by atoms with Crippen LogP contribution in [0.4, 0.5) is 4.79 Å². The summed E-state index contributed by atoms with van der Waals surface area (Å²) in [6.07, 6.45) is 1.31. The third-order valence-electron chi connectivity index (χ3n) is 2.75. The Kier molecular flexibility index (Phi) is 3.31. The summed E-state index contributed by atoms with van der Waals surface area (Å²) in [5.41, 5.74) is -0.0612. The van der Waals surface area contributed by atoms with Gasteiger partial charge in [0.05, 0.1) is 0 Å². The molecule has 1 aliphatic rings. The molecule has 0 aromatic heterocycles. The number of imide groups is 1. The lowest BCUT2D eigenvalue weighted by atomic mass is 9.80. The fraction of sp³-hybridized carbons (Fsp3) is 0.833. The van der Waals surface area contributed by atoms with Crippen molar-refractivity contribution in [2.75, 3.05) is 6.54 Å². The molecule has 0 unspecified atom stereocenters. The molecule has 0 aromatic rings. The molecule has 4 nitrogen and oxygen atoms in total. The van der Waals surface area contributed by atoms with Crippen LogP contribution in [0.25, 0.3) is 0 Å². The standard InChI is InChI=1S/C12H22N2O2/c1-11(2,3)8-12(4,5)14-7-6-9(15)13-10(14)16/h6-8H2,1-5H3,(H,13,15,16). The first-order valence-electron chi connectivity index (χ1n) is 5.73. The summed E-state index contributed by atoms with van der Waals surface area (Å²) < 4.78 is 0. The maximum atomic E-state index is 11.7. The lowest BCUT2D eigenvalue weighted by Crippen LogP contribution is -2.58. The SMILES string of the molecule is CC(C)(C)CC(C)(C)N1CCC(=O)NC1=O. The third kappa shape index (κ3) is 3.22. The molecule has 92 valence electrons. The van der Waals surface area contributed by atoms with E-state index in [2.05, 4.69) is 26.1 Å². The van der Waals surface area contributed by atoms with Crippen molar-refractivity contribution in [2.24, 2.45) is 5.41 Å². The molecule has 16 heavy (non-hydrogen) atoms. The van der Waals surface area contributed by atoms with E-state index >= 15 is 0 Å². The smallest absolute Gasteiger partial charge is 0.319 e. The molecule has 0 atom stereocenters. The van der Waals surface area contributed by atoms with Crippen LogP contribution in [0, 0.1) is 5.41 Å². The summed E-state index contributed by atoms with van der Waals surface area (Å²) in [6, 6.07) is -0.259. The fourth-order valence-electron chi connectivity index (χ4n) is 2.53. The number of carbonyl (C=O) groups excluding carboxylic acids is 2. The van der Waals surface area contributed by atoms with E-state index in [1.807, 2.05) is 13.8 Å². The van der Waals surface area contributed by atoms with Gasteiger partial charge in [0.25, 0.3) is 0 Å². The molecule has 1 saturated heterocycles. The molecule has 0 aliphatic carbocycles. The average Bonchev–Trinajstić information content (AvgIpc) is 1.97. The van der Waals surface area contributed by atoms with E-state index in [-0.39, 0.29) is 22.9 Å². The summed E-state index contributed by atoms with van der Waals surface area (Å²) >= 11 is 0. The molecule has 0 spiro atoms. The van der Waals surface area contributed by atoms with Crippen molar-refractivity contribution in [2.45, 2.75) is 53.0 Å². The molecule has 0 saturated carbocycles. The normalized spacial score (nSPS) is 18.7. The zero-order chi connectivity index (χ0) is 12.6. The Balaban J connectivity index is 2.75. The maximum absolute atomic E-state index is 11.7. The van der Waals surface area contributed by atoms with Gasteiger partial charge >= 0.3 is 6.03 Å². The molecule has 1 N–H and O–H groups in total. The minimum Gasteiger partial charge on any atom is -0.319 e. The van der Waals surface area contributed by atoms with Crippen LogP contribution < -0.4 is 5.32 Å². The monoisotopic (exact) mass is 226 g/mol. The third-order valence-corrected chi connectivity index (χ3v) is 2.75. The molecular formula is C12H22N2O2. The van der Waals surface area contributed by atoms with Crippen LogP contribution >= 0.6 is 0 Å². The van der Waals surface area contributed by atoms with E-state index in [0.717, 1.165) is 6.42 Å². The Morgan fingerprint density at radius 2 is 1.75 bits per heavy atom. The Morgan fingerprint density at radius 3 is 2.19 bits per heavy atom. The Bertz CT molecular complexity index is 303. The van der Waals surface area contributed by atoms with Crippen molar-refractivity contribution in [3.8, 4) is 0 Å². The summed E-state index contributed by atoms with van der Waals surface area (Å²) in [6.45, 7) is 11.1. The molecule has 3 amide bonds. The number of carbonyl (C=O) groups is 2. The zero-order valence-electron chi connectivity index (χ0n) is 10.9. The molecule has 0 aromatic carbocycles. The average molecular weight is 226 g/mol. The Hall–Kier alpha value is -1.06. The molecule has 1 fully saturated rings. The number of rotatable bonds is 2. The first-order valence-corrected chi connectivity index (χ1v) is 5.73. The lowest BCUT2D eigenvalue weighted by Gasteiger charge is -2.43. The highest BCUT2D eigenvalue weighted by Gasteiger charge is 2.37. The van der Waals surface area contributed by atoms with Gasteiger partial charge in [-0.2, -0.15) is 0 Å². The second-order valence-corrected chi connectivity index (χ2v) is 6.30. The highest BCUT2D eigenvalue weighted by Crippen LogP contribution is 2.31. The van der Waals surface area contributed by atoms with Gasteiger partial charge in [-0.25, -0.2) is 4.79 Å². The summed E-state index contributed by atoms with van der Waals surface area (Å²) in [4.78, 5) is 24.6. The first-order chi connectivity index (χ1) is 7.12. The van der Waals surface area contributed by atoms with Gasteiger partial charge in [-0.05, 0) is 25.7 Å². The fourth-order valence-corrected chi connectivity index (χ4v) is 2.53. The van der Waals surface area contributed by atoms with Crippen LogP contribution in [0.15, 0.2) is 0 Å². The zero-order valence-corrected chi connectivity index (χ0v) is 10.9. The van der Waals surface area contributed by atoms with Crippen molar-refractivity contribution in [1.29, 1.82) is 0 Å². The number of nitrogens with one attached hydrogen (secondary N) is 1. The molecule has 0 radical (unpaired) electrons. The number of amides is 3. The number of nitrogens with zero attached hydrogens (tertiary/aromatic N) is 1. The van der Waals surface area contributed by atoms with Crippen LogP contribution in [0.3, 0.4) is 0 Å². The van der Waals surface area contributed by atoms with Crippen molar-refractivity contribution < 1.29 is 9.59 Å². The van der Waals surface area contributed by atoms with E-state index in [1.54, 1.807) is 4.90 Å². The van der Waals surface area contributed by atoms with Gasteiger partial charge in [-0.1, -0.05) is 20.8 Å². The van der Waals surface area contributed by atoms with Crippen LogP contribution in [-0.4, -0.2) is 28.9 Å². The number of urea groups is 1. The van der Waals surface area contributed by atoms with E-state index in [0.29, 0.717) is 13.0 Å². The Morgan fingerprint density at radius 1 is 1.19 bits per heavy atom. The van der Waals surface area contributed by atoms with Crippen LogP contribution in [0.1, 0.15) is 47.5 Å². The van der Waals surface area contributed by atoms with Crippen molar-refractivity contribution in [3.63, 3.8) is 0 Å². The van der Waals surface area contributed by atoms with E-state index in [1.165, 1.54) is 0 Å². The topological polar surface area (TPSA) is 49.4 Å². The summed E-state index contributed by atoms with van der Waals surface area (Å²) in [5, 5.41) is 2.37. The van der Waals surface area contributed by atoms with Crippen molar-refractivity contribution >= 4 is 11.9 Å². The summed E-state index contributed by atoms with van der Waals surface area (Å²) in [5.74, 6) is -0.173. The minimum absolute atomic E-state index is 0.158. The van der Waals surface area contributed by atoms with Gasteiger partial charge in [0, 0.05) is 18.5 Å². The predicted molar refractivity (Wildman–Crippen MR) is 63.0 cm³/mol. The molecule has 1 aliphatic heterocycles. The van der Waals surface area contributed by atoms with E-state index in [9.17, 15) is 9.59 Å². The first kappa shape index (κ1) is 13.0. The maximum Gasteiger partial charge on any atom is 0.324 e. The predicted octanol–water partition coefficient (Wildman–Crippen LogP) is 2.14. The van der Waals surface area contributed by atoms with Gasteiger partial charge < -0.3 is 4.90 Å². The van der Waals surface area contributed by atoms with Crippen molar-refractivity contribution in [3.05, 3.63) is 0 Å². The van der Waals surface area contributed by atoms with E-state index < -0.39 is 0 Å². The number of hydrogen-bond acceptors (Lipinski definition) is 2. The van der Waals surface area contributed by atoms with Crippen LogP contribution in [0.5, 0.6) is 0 Å². The molecule has 0 bridgehead atoms. The highest BCUT2D eigenvalue weighted by molar-refractivity contribution is 5.96. The van der Waals surface area contributed by atoms with Gasteiger partial charge in [-0.3, -0.25) is 10.1 Å². The molecule has 1 rings (SSSR count). The molecule has 4 heteroatoms. The largest absolute Gasteiger partial charge is 0.324 e. The van der Waals surface area contributed by atoms with Crippen LogP contribution in [-0.2, 0) is 4.79 Å². The summed E-state index contributed by atoms with van der Waals surface area (Å²) in [7, 11) is 0. The molecular weight excluding hydrogens is 204 g/mol. The second kappa shape index (κ2) is 4.07. The second-order valence-electron chi connectivity index (χ2n) is 6.30. The van der Waals surface area contributed by atoms with Gasteiger partial charge in [-0.15, -0.1) is 0 Å². The van der Waals surface area contributed by atoms with Crippen molar-refractivity contribution in [1.82, 2.24) is 10.2 Å². The van der Waals surface area contributed by atoms with Gasteiger partial charge in [0.2, 0.25) is 5.91 Å². The quantitative estimate of drug-likeness (QED) is 0.784. The highest BCUT2D eigenvalue weighted by atomic mass is 16.2. The van der Waals surface area contributed by atoms with Gasteiger partial charge in [0.15, 0.2) is 0 Å². The van der Waals surface area contributed by atoms with Crippen LogP contribution in [0.2, 0.25) is 0 Å². The number of hydrogen-bond donors (Lipinski definition) is 1. The van der Waals surface area contributed by atoms with E-state index in [4.69, 9.17) is 0 Å². The Labute approximate surface area is 97.4 Å². The minimum atomic E-state index is -0.259. The molecule has 1 heterocycles. The van der Waals surface area contributed by atoms with Gasteiger partial charge in [0.1, 0.15) is 0 Å².